The molecule has 3 N–H and O–H groups in total. The smallest absolute Gasteiger partial charge is 0.243 e. The molecule has 0 amide bonds. The van der Waals surface area contributed by atoms with Crippen molar-refractivity contribution in [2.45, 2.75) is 37.2 Å². The van der Waals surface area contributed by atoms with Crippen LogP contribution in [-0.2, 0) is 16.6 Å². The number of rotatable bonds is 4. The fraction of sp³-hybridized carbons (Fsp3) is 0.500. The van der Waals surface area contributed by atoms with Crippen LogP contribution in [0.15, 0.2) is 23.1 Å². The average molecular weight is 272 g/mol. The third-order valence-corrected chi connectivity index (χ3v) is 4.77. The normalized spacial score (nSPS) is 23.7. The number of nitrogens with one attached hydrogen (secondary N) is 1. The van der Waals surface area contributed by atoms with Crippen molar-refractivity contribution >= 4 is 10.0 Å². The van der Waals surface area contributed by atoms with Crippen LogP contribution in [0.25, 0.3) is 0 Å². The van der Waals surface area contributed by atoms with E-state index in [1.165, 1.54) is 12.1 Å². The summed E-state index contributed by atoms with van der Waals surface area (Å²) in [6, 6.07) is 3.89. The maximum atomic E-state index is 13.7. The van der Waals surface area contributed by atoms with Gasteiger partial charge in [0.05, 0.1) is 0 Å². The molecule has 2 rings (SSSR count). The molecule has 1 aromatic carbocycles. The van der Waals surface area contributed by atoms with E-state index in [9.17, 15) is 12.8 Å². The van der Waals surface area contributed by atoms with Crippen molar-refractivity contribution < 1.29 is 12.8 Å². The minimum Gasteiger partial charge on any atom is -0.326 e. The first-order valence-corrected chi connectivity index (χ1v) is 7.41. The molecule has 0 bridgehead atoms. The first-order valence-electron chi connectivity index (χ1n) is 5.93. The average Bonchev–Trinajstić information content (AvgIpc) is 2.26. The molecule has 6 heteroatoms. The van der Waals surface area contributed by atoms with Crippen molar-refractivity contribution in [3.05, 3.63) is 29.6 Å². The van der Waals surface area contributed by atoms with Crippen molar-refractivity contribution in [1.29, 1.82) is 0 Å². The second-order valence-electron chi connectivity index (χ2n) is 4.86. The Kier molecular flexibility index (Phi) is 3.70. The second kappa shape index (κ2) is 4.95. The van der Waals surface area contributed by atoms with E-state index in [0.717, 1.165) is 18.9 Å². The molecule has 0 unspecified atom stereocenters. The Bertz CT molecular complexity index is 539. The summed E-state index contributed by atoms with van der Waals surface area (Å²) in [7, 11) is -3.77. The van der Waals surface area contributed by atoms with Gasteiger partial charge in [0.25, 0.3) is 0 Å². The van der Waals surface area contributed by atoms with Gasteiger partial charge in [0.15, 0.2) is 0 Å². The SMILES string of the molecule is CC1CC(NS(=O)(=O)c2ccc(CN)cc2F)C1. The van der Waals surface area contributed by atoms with Crippen molar-refractivity contribution in [3.8, 4) is 0 Å². The Hall–Kier alpha value is -0.980. The third kappa shape index (κ3) is 2.71. The number of nitrogens with two attached hydrogens (primary N) is 1. The van der Waals surface area contributed by atoms with E-state index in [1.807, 2.05) is 0 Å². The van der Waals surface area contributed by atoms with Crippen LogP contribution in [0.5, 0.6) is 0 Å². The summed E-state index contributed by atoms with van der Waals surface area (Å²) in [6.07, 6.45) is 1.61. The van der Waals surface area contributed by atoms with Crippen LogP contribution in [0.4, 0.5) is 4.39 Å². The standard InChI is InChI=1S/C12H17FN2O2S/c1-8-4-10(5-8)15-18(16,17)12-3-2-9(7-14)6-11(12)13/h2-3,6,8,10,15H,4-5,7,14H2,1H3. The largest absolute Gasteiger partial charge is 0.326 e. The molecule has 1 aliphatic carbocycles. The molecule has 18 heavy (non-hydrogen) atoms. The molecule has 0 aromatic heterocycles. The van der Waals surface area contributed by atoms with Gasteiger partial charge in [-0.05, 0) is 36.5 Å². The lowest BCUT2D eigenvalue weighted by Gasteiger charge is -2.32. The first kappa shape index (κ1) is 13.5. The summed E-state index contributed by atoms with van der Waals surface area (Å²) in [4.78, 5) is -0.306. The number of sulfonamides is 1. The molecular weight excluding hydrogens is 255 g/mol. The predicted octanol–water partition coefficient (Wildman–Crippen LogP) is 1.36. The van der Waals surface area contributed by atoms with Gasteiger partial charge in [-0.25, -0.2) is 17.5 Å². The molecule has 1 fully saturated rings. The molecule has 4 nitrogen and oxygen atoms in total. The highest BCUT2D eigenvalue weighted by molar-refractivity contribution is 7.89. The molecule has 0 radical (unpaired) electrons. The summed E-state index contributed by atoms with van der Waals surface area (Å²) in [5.74, 6) is -0.222. The first-order chi connectivity index (χ1) is 8.42. The number of halogens is 1. The van der Waals surface area contributed by atoms with Crippen LogP contribution in [0.2, 0.25) is 0 Å². The van der Waals surface area contributed by atoms with Gasteiger partial charge in [-0.3, -0.25) is 0 Å². The van der Waals surface area contributed by atoms with E-state index in [4.69, 9.17) is 5.73 Å². The summed E-state index contributed by atoms with van der Waals surface area (Å²) in [5.41, 5.74) is 5.95. The minimum absolute atomic E-state index is 0.0708. The van der Waals surface area contributed by atoms with Crippen LogP contribution in [0.3, 0.4) is 0 Å². The van der Waals surface area contributed by atoms with Crippen LogP contribution >= 0.6 is 0 Å². The Labute approximate surface area is 106 Å². The summed E-state index contributed by atoms with van der Waals surface area (Å²) in [6.45, 7) is 2.24. The fourth-order valence-electron chi connectivity index (χ4n) is 2.17. The van der Waals surface area contributed by atoms with Crippen molar-refractivity contribution in [1.82, 2.24) is 4.72 Å². The van der Waals surface area contributed by atoms with E-state index in [1.54, 1.807) is 0 Å². The number of hydrogen-bond donors (Lipinski definition) is 2. The predicted molar refractivity (Wildman–Crippen MR) is 66.8 cm³/mol. The van der Waals surface area contributed by atoms with Crippen molar-refractivity contribution in [2.75, 3.05) is 0 Å². The van der Waals surface area contributed by atoms with E-state index in [2.05, 4.69) is 11.6 Å². The Morgan fingerprint density at radius 2 is 2.11 bits per heavy atom. The third-order valence-electron chi connectivity index (χ3n) is 3.22. The van der Waals surface area contributed by atoms with Crippen LogP contribution < -0.4 is 10.5 Å². The van der Waals surface area contributed by atoms with Gasteiger partial charge < -0.3 is 5.73 Å². The highest BCUT2D eigenvalue weighted by atomic mass is 32.2. The minimum atomic E-state index is -3.77. The van der Waals surface area contributed by atoms with Crippen LogP contribution in [-0.4, -0.2) is 14.5 Å². The Morgan fingerprint density at radius 3 is 2.61 bits per heavy atom. The van der Waals surface area contributed by atoms with Gasteiger partial charge in [-0.15, -0.1) is 0 Å². The van der Waals surface area contributed by atoms with Crippen LogP contribution in [0.1, 0.15) is 25.3 Å². The second-order valence-corrected chi connectivity index (χ2v) is 6.55. The van der Waals surface area contributed by atoms with Crippen molar-refractivity contribution in [2.24, 2.45) is 11.7 Å². The molecule has 1 saturated carbocycles. The quantitative estimate of drug-likeness (QED) is 0.869. The monoisotopic (exact) mass is 272 g/mol. The maximum absolute atomic E-state index is 13.7. The number of hydrogen-bond acceptors (Lipinski definition) is 3. The lowest BCUT2D eigenvalue weighted by molar-refractivity contribution is 0.270. The van der Waals surface area contributed by atoms with Gasteiger partial charge in [-0.2, -0.15) is 0 Å². The summed E-state index contributed by atoms with van der Waals surface area (Å²) < 4.78 is 40.2. The zero-order valence-corrected chi connectivity index (χ0v) is 11.0. The zero-order chi connectivity index (χ0) is 13.3. The molecule has 0 spiro atoms. The van der Waals surface area contributed by atoms with E-state index in [0.29, 0.717) is 11.5 Å². The van der Waals surface area contributed by atoms with Gasteiger partial charge in [0.2, 0.25) is 10.0 Å². The maximum Gasteiger partial charge on any atom is 0.243 e. The Balaban J connectivity index is 2.19. The van der Waals surface area contributed by atoms with E-state index in [-0.39, 0.29) is 17.5 Å². The van der Waals surface area contributed by atoms with Gasteiger partial charge >= 0.3 is 0 Å². The highest BCUT2D eigenvalue weighted by Crippen LogP contribution is 2.28. The van der Waals surface area contributed by atoms with Gasteiger partial charge in [-0.1, -0.05) is 13.0 Å². The van der Waals surface area contributed by atoms with Gasteiger partial charge in [0, 0.05) is 12.6 Å². The zero-order valence-electron chi connectivity index (χ0n) is 10.2. The molecule has 1 aromatic rings. The number of benzene rings is 1. The summed E-state index contributed by atoms with van der Waals surface area (Å²) >= 11 is 0. The van der Waals surface area contributed by atoms with Gasteiger partial charge in [0.1, 0.15) is 10.7 Å². The molecule has 1 aliphatic rings. The molecule has 0 atom stereocenters. The highest BCUT2D eigenvalue weighted by Gasteiger charge is 2.30. The summed E-state index contributed by atoms with van der Waals surface area (Å²) in [5, 5.41) is 0. The molecule has 0 aliphatic heterocycles. The molecule has 100 valence electrons. The molecule has 0 saturated heterocycles. The molecular formula is C12H17FN2O2S. The van der Waals surface area contributed by atoms with E-state index >= 15 is 0 Å². The Morgan fingerprint density at radius 1 is 1.44 bits per heavy atom. The lowest BCUT2D eigenvalue weighted by atomic mass is 9.83. The topological polar surface area (TPSA) is 72.2 Å². The van der Waals surface area contributed by atoms with E-state index < -0.39 is 15.8 Å². The lowest BCUT2D eigenvalue weighted by Crippen LogP contribution is -2.43. The van der Waals surface area contributed by atoms with Crippen LogP contribution in [0, 0.1) is 11.7 Å². The fourth-order valence-corrected chi connectivity index (χ4v) is 3.49. The van der Waals surface area contributed by atoms with Crippen molar-refractivity contribution in [3.63, 3.8) is 0 Å². The molecule has 0 heterocycles.